The van der Waals surface area contributed by atoms with Crippen molar-refractivity contribution in [3.05, 3.63) is 107 Å². The normalized spacial score (nSPS) is 10.6. The maximum atomic E-state index is 12.3. The zero-order valence-electron chi connectivity index (χ0n) is 15.5. The van der Waals surface area contributed by atoms with Crippen LogP contribution < -0.4 is 0 Å². The van der Waals surface area contributed by atoms with Gasteiger partial charge in [-0.15, -0.1) is 0 Å². The maximum Gasteiger partial charge on any atom is 0.374 e. The first-order valence-corrected chi connectivity index (χ1v) is 9.15. The third kappa shape index (κ3) is 4.52. The maximum absolute atomic E-state index is 12.3. The largest absolute Gasteiger partial charge is 0.457 e. The fourth-order valence-electron chi connectivity index (χ4n) is 2.87. The Kier molecular flexibility index (Phi) is 5.38. The lowest BCUT2D eigenvalue weighted by Gasteiger charge is -2.04. The van der Waals surface area contributed by atoms with E-state index in [1.165, 1.54) is 0 Å². The summed E-state index contributed by atoms with van der Waals surface area (Å²) in [7, 11) is 0. The van der Waals surface area contributed by atoms with E-state index in [9.17, 15) is 9.59 Å². The van der Waals surface area contributed by atoms with Crippen LogP contribution in [0.5, 0.6) is 0 Å². The zero-order chi connectivity index (χ0) is 20.1. The van der Waals surface area contributed by atoms with Crippen LogP contribution in [0, 0.1) is 0 Å². The lowest BCUT2D eigenvalue weighted by molar-refractivity contribution is 0.0436. The molecule has 0 spiro atoms. The minimum absolute atomic E-state index is 0.0886. The fraction of sp³-hybridized carbons (Fsp3) is 0.0833. The SMILES string of the molecule is O=C(OCc1ccccc1)c1ccc2oc(C(=O)OCc3ccccc3)cc2c1. The second-order valence-electron chi connectivity index (χ2n) is 6.49. The van der Waals surface area contributed by atoms with Crippen molar-refractivity contribution in [3.63, 3.8) is 0 Å². The summed E-state index contributed by atoms with van der Waals surface area (Å²) in [5.74, 6) is -0.908. The van der Waals surface area contributed by atoms with Gasteiger partial charge in [-0.1, -0.05) is 60.7 Å². The van der Waals surface area contributed by atoms with Gasteiger partial charge in [0.15, 0.2) is 0 Å². The van der Waals surface area contributed by atoms with Crippen molar-refractivity contribution in [2.75, 3.05) is 0 Å². The molecule has 0 unspecified atom stereocenters. The number of fused-ring (bicyclic) bond motifs is 1. The van der Waals surface area contributed by atoms with Gasteiger partial charge in [0.05, 0.1) is 5.56 Å². The van der Waals surface area contributed by atoms with Crippen LogP contribution in [0.15, 0.2) is 89.3 Å². The van der Waals surface area contributed by atoms with Gasteiger partial charge in [0.25, 0.3) is 0 Å². The molecule has 0 bridgehead atoms. The van der Waals surface area contributed by atoms with Crippen molar-refractivity contribution < 1.29 is 23.5 Å². The quantitative estimate of drug-likeness (QED) is 0.429. The molecule has 5 nitrogen and oxygen atoms in total. The summed E-state index contributed by atoms with van der Waals surface area (Å²) in [6.45, 7) is 0.355. The molecule has 0 aliphatic carbocycles. The highest BCUT2D eigenvalue weighted by atomic mass is 16.5. The van der Waals surface area contributed by atoms with E-state index in [-0.39, 0.29) is 19.0 Å². The first-order valence-electron chi connectivity index (χ1n) is 9.15. The van der Waals surface area contributed by atoms with Gasteiger partial charge < -0.3 is 13.9 Å². The lowest BCUT2D eigenvalue weighted by Crippen LogP contribution is -2.04. The number of benzene rings is 3. The molecule has 0 amide bonds. The average molecular weight is 386 g/mol. The molecule has 3 aromatic carbocycles. The number of hydrogen-bond acceptors (Lipinski definition) is 5. The standard InChI is InChI=1S/C24H18O5/c25-23(27-15-17-7-3-1-4-8-17)19-11-12-21-20(13-19)14-22(29-21)24(26)28-16-18-9-5-2-6-10-18/h1-14H,15-16H2. The second-order valence-corrected chi connectivity index (χ2v) is 6.49. The highest BCUT2D eigenvalue weighted by Gasteiger charge is 2.16. The number of ether oxygens (including phenoxy) is 2. The lowest BCUT2D eigenvalue weighted by atomic mass is 10.1. The molecule has 0 fully saturated rings. The minimum Gasteiger partial charge on any atom is -0.457 e. The summed E-state index contributed by atoms with van der Waals surface area (Å²) < 4.78 is 16.2. The van der Waals surface area contributed by atoms with Gasteiger partial charge in [-0.25, -0.2) is 9.59 Å². The van der Waals surface area contributed by atoms with Crippen molar-refractivity contribution in [2.24, 2.45) is 0 Å². The van der Waals surface area contributed by atoms with Gasteiger partial charge in [-0.05, 0) is 35.4 Å². The predicted molar refractivity (Wildman–Crippen MR) is 107 cm³/mol. The molecule has 0 N–H and O–H groups in total. The van der Waals surface area contributed by atoms with E-state index in [1.54, 1.807) is 24.3 Å². The van der Waals surface area contributed by atoms with Crippen LogP contribution in [0.1, 0.15) is 32.0 Å². The topological polar surface area (TPSA) is 65.7 Å². The molecule has 0 aliphatic rings. The number of carbonyl (C=O) groups excluding carboxylic acids is 2. The van der Waals surface area contributed by atoms with E-state index in [0.29, 0.717) is 16.5 Å². The van der Waals surface area contributed by atoms with Gasteiger partial charge in [0, 0.05) is 5.39 Å². The first-order chi connectivity index (χ1) is 14.2. The summed E-state index contributed by atoms with van der Waals surface area (Å²) in [5, 5.41) is 0.630. The summed E-state index contributed by atoms with van der Waals surface area (Å²) in [5.41, 5.74) is 2.68. The van der Waals surface area contributed by atoms with Crippen LogP contribution in [0.3, 0.4) is 0 Å². The van der Waals surface area contributed by atoms with E-state index < -0.39 is 11.9 Å². The van der Waals surface area contributed by atoms with Crippen LogP contribution in [-0.4, -0.2) is 11.9 Å². The Morgan fingerprint density at radius 2 is 1.28 bits per heavy atom. The van der Waals surface area contributed by atoms with Crippen molar-refractivity contribution in [2.45, 2.75) is 13.2 Å². The Labute approximate surface area is 167 Å². The summed E-state index contributed by atoms with van der Waals surface area (Å²) in [4.78, 5) is 24.6. The molecule has 1 heterocycles. The smallest absolute Gasteiger partial charge is 0.374 e. The van der Waals surface area contributed by atoms with Crippen molar-refractivity contribution in [1.82, 2.24) is 0 Å². The van der Waals surface area contributed by atoms with Crippen molar-refractivity contribution in [3.8, 4) is 0 Å². The van der Waals surface area contributed by atoms with Crippen LogP contribution in [0.4, 0.5) is 0 Å². The molecule has 4 aromatic rings. The van der Waals surface area contributed by atoms with Crippen LogP contribution >= 0.6 is 0 Å². The van der Waals surface area contributed by atoms with Gasteiger partial charge in [-0.2, -0.15) is 0 Å². The number of hydrogen-bond donors (Lipinski definition) is 0. The highest BCUT2D eigenvalue weighted by Crippen LogP contribution is 2.22. The average Bonchev–Trinajstić information content (AvgIpc) is 3.21. The Hall–Kier alpha value is -3.86. The second kappa shape index (κ2) is 8.44. The third-order valence-corrected chi connectivity index (χ3v) is 4.38. The fourth-order valence-corrected chi connectivity index (χ4v) is 2.87. The van der Waals surface area contributed by atoms with Crippen LogP contribution in [0.25, 0.3) is 11.0 Å². The summed E-state index contributed by atoms with van der Waals surface area (Å²) in [6.07, 6.45) is 0. The Morgan fingerprint density at radius 1 is 0.690 bits per heavy atom. The third-order valence-electron chi connectivity index (χ3n) is 4.38. The first kappa shape index (κ1) is 18.5. The Bertz CT molecular complexity index is 1080. The number of carbonyl (C=O) groups is 2. The van der Waals surface area contributed by atoms with E-state index in [4.69, 9.17) is 13.9 Å². The van der Waals surface area contributed by atoms with Crippen LogP contribution in [0.2, 0.25) is 0 Å². The molecule has 4 rings (SSSR count). The number of furan rings is 1. The van der Waals surface area contributed by atoms with Crippen molar-refractivity contribution in [1.29, 1.82) is 0 Å². The molecular weight excluding hydrogens is 368 g/mol. The van der Waals surface area contributed by atoms with E-state index in [0.717, 1.165) is 11.1 Å². The zero-order valence-corrected chi connectivity index (χ0v) is 15.5. The molecule has 5 heteroatoms. The number of esters is 2. The highest BCUT2D eigenvalue weighted by molar-refractivity contribution is 5.97. The Morgan fingerprint density at radius 3 is 1.90 bits per heavy atom. The minimum atomic E-state index is -0.557. The molecule has 0 aliphatic heterocycles. The number of rotatable bonds is 6. The molecular formula is C24H18O5. The predicted octanol–water partition coefficient (Wildman–Crippen LogP) is 5.15. The van der Waals surface area contributed by atoms with Crippen LogP contribution in [-0.2, 0) is 22.7 Å². The van der Waals surface area contributed by atoms with Gasteiger partial charge in [0.1, 0.15) is 18.8 Å². The Balaban J connectivity index is 1.43. The molecule has 0 radical (unpaired) electrons. The van der Waals surface area contributed by atoms with Crippen molar-refractivity contribution >= 4 is 22.9 Å². The molecule has 0 saturated heterocycles. The molecule has 1 aromatic heterocycles. The van der Waals surface area contributed by atoms with Gasteiger partial charge in [-0.3, -0.25) is 0 Å². The monoisotopic (exact) mass is 386 g/mol. The van der Waals surface area contributed by atoms with E-state index >= 15 is 0 Å². The molecule has 0 saturated carbocycles. The van der Waals surface area contributed by atoms with Gasteiger partial charge >= 0.3 is 11.9 Å². The summed E-state index contributed by atoms with van der Waals surface area (Å²) in [6, 6.07) is 25.3. The van der Waals surface area contributed by atoms with E-state index in [2.05, 4.69) is 0 Å². The molecule has 29 heavy (non-hydrogen) atoms. The van der Waals surface area contributed by atoms with E-state index in [1.807, 2.05) is 60.7 Å². The molecule has 144 valence electrons. The van der Waals surface area contributed by atoms with Gasteiger partial charge in [0.2, 0.25) is 5.76 Å². The molecule has 0 atom stereocenters. The summed E-state index contributed by atoms with van der Waals surface area (Å²) >= 11 is 0.